The van der Waals surface area contributed by atoms with Gasteiger partial charge in [-0.2, -0.15) is 0 Å². The summed E-state index contributed by atoms with van der Waals surface area (Å²) in [5.74, 6) is -1.01. The minimum absolute atomic E-state index is 0.111. The van der Waals surface area contributed by atoms with E-state index in [0.29, 0.717) is 11.3 Å². The van der Waals surface area contributed by atoms with Gasteiger partial charge < -0.3 is 20.1 Å². The Kier molecular flexibility index (Phi) is 7.29. The van der Waals surface area contributed by atoms with Crippen molar-refractivity contribution in [1.29, 1.82) is 0 Å². The molecular weight excluding hydrogens is 478 g/mol. The van der Waals surface area contributed by atoms with Crippen LogP contribution in [0.3, 0.4) is 0 Å². The highest BCUT2D eigenvalue weighted by molar-refractivity contribution is 8.00. The number of likely N-dealkylation sites (tertiary alicyclic amines) is 1. The quantitative estimate of drug-likeness (QED) is 0.439. The number of amides is 2. The van der Waals surface area contributed by atoms with E-state index in [0.717, 1.165) is 43.6 Å². The first kappa shape index (κ1) is 24.4. The summed E-state index contributed by atoms with van der Waals surface area (Å²) in [6, 6.07) is 17.2. The third-order valence-electron chi connectivity index (χ3n) is 6.75. The van der Waals surface area contributed by atoms with Crippen molar-refractivity contribution < 1.29 is 24.2 Å². The maximum atomic E-state index is 13.3. The number of hydrogen-bond acceptors (Lipinski definition) is 7. The van der Waals surface area contributed by atoms with Gasteiger partial charge in [0.05, 0.1) is 5.70 Å². The molecule has 2 saturated heterocycles. The van der Waals surface area contributed by atoms with Gasteiger partial charge in [0.2, 0.25) is 0 Å². The van der Waals surface area contributed by atoms with Crippen LogP contribution in [0.5, 0.6) is 0 Å². The Morgan fingerprint density at radius 2 is 1.69 bits per heavy atom. The Hall–Kier alpha value is -3.30. The van der Waals surface area contributed by atoms with Crippen LogP contribution in [-0.4, -0.2) is 62.9 Å². The molecule has 2 fully saturated rings. The summed E-state index contributed by atoms with van der Waals surface area (Å²) in [7, 11) is 0. The Morgan fingerprint density at radius 3 is 2.39 bits per heavy atom. The molecule has 0 spiro atoms. The lowest BCUT2D eigenvalue weighted by Gasteiger charge is -2.51. The standard InChI is InChI=1S/C27H29N3O5S/c31-23(19-12-6-2-7-13-19)24(32)28-21-25(33)30-22(27(34)35-16-18-10-4-1-5-11-18)20(17-36-26(21)30)29-14-8-3-9-15-29/h1-2,4-7,10-13,21,23,26,31H,3,8-9,14-17H2,(H,28,32)/t21?,23-,26-/m1/s1. The molecule has 2 aromatic rings. The van der Waals surface area contributed by atoms with Crippen LogP contribution in [0.15, 0.2) is 72.1 Å². The third kappa shape index (κ3) is 4.85. The lowest BCUT2D eigenvalue weighted by Crippen LogP contribution is -2.71. The number of carbonyl (C=O) groups is 3. The summed E-state index contributed by atoms with van der Waals surface area (Å²) in [4.78, 5) is 43.0. The number of piperidine rings is 1. The molecule has 3 aliphatic rings. The number of nitrogens with zero attached hydrogens (tertiary/aromatic N) is 2. The molecule has 8 nitrogen and oxygen atoms in total. The Labute approximate surface area is 214 Å². The van der Waals surface area contributed by atoms with E-state index in [-0.39, 0.29) is 18.2 Å². The number of hydrogen-bond donors (Lipinski definition) is 2. The molecule has 5 rings (SSSR count). The minimum Gasteiger partial charge on any atom is -0.456 e. The maximum Gasteiger partial charge on any atom is 0.357 e. The van der Waals surface area contributed by atoms with Gasteiger partial charge in [-0.25, -0.2) is 4.79 Å². The molecule has 3 aliphatic heterocycles. The normalized spacial score (nSPS) is 22.4. The van der Waals surface area contributed by atoms with Crippen molar-refractivity contribution in [3.8, 4) is 0 Å². The van der Waals surface area contributed by atoms with Crippen LogP contribution in [-0.2, 0) is 25.7 Å². The highest BCUT2D eigenvalue weighted by atomic mass is 32.2. The van der Waals surface area contributed by atoms with E-state index in [2.05, 4.69) is 10.2 Å². The van der Waals surface area contributed by atoms with Crippen LogP contribution in [0.2, 0.25) is 0 Å². The number of fused-ring (bicyclic) bond motifs is 1. The SMILES string of the molecule is O=C(OCc1ccccc1)C1=C(N2CCCCC2)CS[C@@H]2C(NC(=O)[C@H](O)c3ccccc3)C(=O)N12. The van der Waals surface area contributed by atoms with E-state index in [4.69, 9.17) is 4.74 Å². The summed E-state index contributed by atoms with van der Waals surface area (Å²) in [5.41, 5.74) is 2.40. The molecule has 188 valence electrons. The fourth-order valence-corrected chi connectivity index (χ4v) is 6.19. The van der Waals surface area contributed by atoms with Crippen LogP contribution in [0.25, 0.3) is 0 Å². The molecule has 0 aliphatic carbocycles. The number of rotatable bonds is 7. The second kappa shape index (κ2) is 10.8. The number of aliphatic hydroxyl groups is 1. The van der Waals surface area contributed by atoms with Gasteiger partial charge in [-0.15, -0.1) is 11.8 Å². The number of aliphatic hydroxyl groups excluding tert-OH is 1. The highest BCUT2D eigenvalue weighted by Crippen LogP contribution is 2.42. The van der Waals surface area contributed by atoms with Gasteiger partial charge >= 0.3 is 5.97 Å². The van der Waals surface area contributed by atoms with E-state index >= 15 is 0 Å². The number of carbonyl (C=O) groups excluding carboxylic acids is 3. The molecule has 0 radical (unpaired) electrons. The monoisotopic (exact) mass is 507 g/mol. The van der Waals surface area contributed by atoms with Gasteiger partial charge in [-0.1, -0.05) is 60.7 Å². The molecule has 2 amide bonds. The summed E-state index contributed by atoms with van der Waals surface area (Å²) in [6.45, 7) is 1.78. The largest absolute Gasteiger partial charge is 0.456 e. The number of ether oxygens (including phenoxy) is 1. The van der Waals surface area contributed by atoms with E-state index in [1.54, 1.807) is 30.3 Å². The maximum absolute atomic E-state index is 13.3. The number of esters is 1. The second-order valence-electron chi connectivity index (χ2n) is 9.11. The summed E-state index contributed by atoms with van der Waals surface area (Å²) in [5, 5.41) is 12.7. The Bertz CT molecular complexity index is 1150. The highest BCUT2D eigenvalue weighted by Gasteiger charge is 2.55. The van der Waals surface area contributed by atoms with Gasteiger partial charge in [0, 0.05) is 18.8 Å². The Morgan fingerprint density at radius 1 is 1.03 bits per heavy atom. The minimum atomic E-state index is -1.38. The average Bonchev–Trinajstić information content (AvgIpc) is 2.94. The van der Waals surface area contributed by atoms with Gasteiger partial charge in [0.15, 0.2) is 11.8 Å². The zero-order valence-corrected chi connectivity index (χ0v) is 20.7. The molecule has 0 saturated carbocycles. The zero-order chi connectivity index (χ0) is 25.1. The van der Waals surface area contributed by atoms with Crippen LogP contribution >= 0.6 is 11.8 Å². The molecule has 0 bridgehead atoms. The fraction of sp³-hybridized carbons (Fsp3) is 0.370. The number of β-lactam (4-membered cyclic amide) rings is 1. The van der Waals surface area contributed by atoms with E-state index in [9.17, 15) is 19.5 Å². The molecule has 3 atom stereocenters. The van der Waals surface area contributed by atoms with Gasteiger partial charge in [0.25, 0.3) is 11.8 Å². The predicted octanol–water partition coefficient (Wildman–Crippen LogP) is 2.56. The number of benzene rings is 2. The molecule has 0 aromatic heterocycles. The fourth-order valence-electron chi connectivity index (χ4n) is 4.81. The molecule has 9 heteroatoms. The van der Waals surface area contributed by atoms with Crippen LogP contribution in [0, 0.1) is 0 Å². The van der Waals surface area contributed by atoms with Crippen LogP contribution in [0.1, 0.15) is 36.5 Å². The summed E-state index contributed by atoms with van der Waals surface area (Å²) < 4.78 is 5.65. The summed E-state index contributed by atoms with van der Waals surface area (Å²) >= 11 is 1.51. The van der Waals surface area contributed by atoms with E-state index < -0.39 is 29.4 Å². The van der Waals surface area contributed by atoms with Gasteiger partial charge in [0.1, 0.15) is 18.0 Å². The molecule has 2 aromatic carbocycles. The molecule has 36 heavy (non-hydrogen) atoms. The van der Waals surface area contributed by atoms with Crippen LogP contribution in [0.4, 0.5) is 0 Å². The van der Waals surface area contributed by atoms with Crippen molar-refractivity contribution in [2.24, 2.45) is 0 Å². The van der Waals surface area contributed by atoms with Crippen molar-refractivity contribution in [1.82, 2.24) is 15.1 Å². The lowest BCUT2D eigenvalue weighted by molar-refractivity contribution is -0.154. The van der Waals surface area contributed by atoms with Crippen molar-refractivity contribution in [3.63, 3.8) is 0 Å². The van der Waals surface area contributed by atoms with Crippen molar-refractivity contribution in [3.05, 3.63) is 83.2 Å². The third-order valence-corrected chi connectivity index (χ3v) is 8.02. The number of nitrogens with one attached hydrogen (secondary N) is 1. The van der Waals surface area contributed by atoms with Crippen molar-refractivity contribution in [2.45, 2.75) is 43.4 Å². The zero-order valence-electron chi connectivity index (χ0n) is 19.8. The average molecular weight is 508 g/mol. The Balaban J connectivity index is 1.34. The molecular formula is C27H29N3O5S. The van der Waals surface area contributed by atoms with Gasteiger partial charge in [-0.05, 0) is 30.4 Å². The first-order chi connectivity index (χ1) is 17.5. The molecule has 2 N–H and O–H groups in total. The lowest BCUT2D eigenvalue weighted by atomic mass is 10.0. The molecule has 1 unspecified atom stereocenters. The number of thioether (sulfide) groups is 1. The van der Waals surface area contributed by atoms with Crippen LogP contribution < -0.4 is 5.32 Å². The topological polar surface area (TPSA) is 99.2 Å². The van der Waals surface area contributed by atoms with E-state index in [1.807, 2.05) is 30.3 Å². The smallest absolute Gasteiger partial charge is 0.357 e. The first-order valence-corrected chi connectivity index (χ1v) is 13.3. The second-order valence-corrected chi connectivity index (χ2v) is 10.2. The van der Waals surface area contributed by atoms with Crippen molar-refractivity contribution in [2.75, 3.05) is 18.8 Å². The molecule has 3 heterocycles. The summed E-state index contributed by atoms with van der Waals surface area (Å²) in [6.07, 6.45) is 1.84. The van der Waals surface area contributed by atoms with E-state index in [1.165, 1.54) is 16.7 Å². The predicted molar refractivity (Wildman–Crippen MR) is 135 cm³/mol. The van der Waals surface area contributed by atoms with Crippen molar-refractivity contribution >= 4 is 29.5 Å². The van der Waals surface area contributed by atoms with Gasteiger partial charge in [-0.3, -0.25) is 14.5 Å². The first-order valence-electron chi connectivity index (χ1n) is 12.2.